The van der Waals surface area contributed by atoms with E-state index in [0.717, 1.165) is 0 Å². The summed E-state index contributed by atoms with van der Waals surface area (Å²) in [5, 5.41) is 0. The van der Waals surface area contributed by atoms with Crippen molar-refractivity contribution >= 4 is 29.2 Å². The molecule has 0 aromatic rings. The number of hydrogen-bond donors (Lipinski definition) is 0. The molecule has 0 aliphatic carbocycles. The van der Waals surface area contributed by atoms with E-state index in [0.29, 0.717) is 0 Å². The zero-order chi connectivity index (χ0) is 6.57. The minimum Gasteiger partial charge on any atom is -0.445 e. The molecule has 48 valence electrons. The molecule has 0 saturated carbocycles. The van der Waals surface area contributed by atoms with Gasteiger partial charge in [-0.1, -0.05) is 11.6 Å². The fraction of sp³-hybridized carbons (Fsp3) is 0.750. The average Bonchev–Trinajstić information content (AvgIpc) is 1.65. The zero-order valence-corrected chi connectivity index (χ0v) is 5.87. The van der Waals surface area contributed by atoms with Crippen molar-refractivity contribution in [1.29, 1.82) is 0 Å². The Morgan fingerprint density at radius 3 is 2.50 bits per heavy atom. The maximum atomic E-state index is 10.0. The van der Waals surface area contributed by atoms with Crippen LogP contribution in [0, 0.1) is 0 Å². The number of rotatable bonds is 2. The Hall–Kier alpha value is 0.0500. The van der Waals surface area contributed by atoms with Crippen LogP contribution in [0.2, 0.25) is 0 Å². The Balaban J connectivity index is 3.24. The summed E-state index contributed by atoms with van der Waals surface area (Å²) in [6.07, 6.45) is 0. The van der Waals surface area contributed by atoms with Crippen LogP contribution in [-0.2, 0) is 9.53 Å². The molecule has 0 aliphatic heterocycles. The molecule has 0 bridgehead atoms. The van der Waals surface area contributed by atoms with E-state index in [9.17, 15) is 4.79 Å². The molecule has 2 nitrogen and oxygen atoms in total. The van der Waals surface area contributed by atoms with Crippen LogP contribution in [0.4, 0.5) is 0 Å². The quantitative estimate of drug-likeness (QED) is 0.446. The van der Waals surface area contributed by atoms with Crippen molar-refractivity contribution in [3.8, 4) is 0 Å². The molecular formula is C4H6Cl2O2. The Labute approximate surface area is 57.7 Å². The minimum atomic E-state index is -0.686. The van der Waals surface area contributed by atoms with Gasteiger partial charge in [-0.15, -0.1) is 11.6 Å². The maximum Gasteiger partial charge on any atom is 0.304 e. The normalized spacial score (nSPS) is 12.9. The third-order valence-electron chi connectivity index (χ3n) is 0.415. The summed E-state index contributed by atoms with van der Waals surface area (Å²) in [5.74, 6) is -0.285. The standard InChI is InChI=1S/C4H6Cl2O2/c1-3(7)8-4(6)2-5/h4H,2H2,1H3. The third-order valence-corrected chi connectivity index (χ3v) is 1.10. The molecule has 0 amide bonds. The largest absolute Gasteiger partial charge is 0.445 e. The first kappa shape index (κ1) is 8.05. The molecule has 4 heteroatoms. The van der Waals surface area contributed by atoms with E-state index in [4.69, 9.17) is 23.2 Å². The highest BCUT2D eigenvalue weighted by Gasteiger charge is 2.03. The van der Waals surface area contributed by atoms with Crippen molar-refractivity contribution < 1.29 is 9.53 Å². The molecule has 1 unspecified atom stereocenters. The van der Waals surface area contributed by atoms with Crippen LogP contribution >= 0.6 is 23.2 Å². The van der Waals surface area contributed by atoms with Gasteiger partial charge in [-0.05, 0) is 0 Å². The number of esters is 1. The van der Waals surface area contributed by atoms with Gasteiger partial charge in [0.25, 0.3) is 0 Å². The maximum absolute atomic E-state index is 10.0. The van der Waals surface area contributed by atoms with Gasteiger partial charge < -0.3 is 4.74 Å². The summed E-state index contributed by atoms with van der Waals surface area (Å²) >= 11 is 10.5. The SMILES string of the molecule is CC(=O)OC(Cl)CCl. The van der Waals surface area contributed by atoms with Crippen LogP contribution in [0.25, 0.3) is 0 Å². The smallest absolute Gasteiger partial charge is 0.304 e. The molecule has 0 aliphatic rings. The molecule has 0 saturated heterocycles. The predicted octanol–water partition coefficient (Wildman–Crippen LogP) is 1.35. The van der Waals surface area contributed by atoms with Gasteiger partial charge in [-0.3, -0.25) is 4.79 Å². The second kappa shape index (κ2) is 3.98. The summed E-state index contributed by atoms with van der Waals surface area (Å²) in [4.78, 5) is 10.0. The number of alkyl halides is 2. The van der Waals surface area contributed by atoms with E-state index in [1.807, 2.05) is 0 Å². The Morgan fingerprint density at radius 1 is 1.88 bits per heavy atom. The van der Waals surface area contributed by atoms with Gasteiger partial charge in [0.05, 0.1) is 5.88 Å². The molecule has 0 rings (SSSR count). The lowest BCUT2D eigenvalue weighted by molar-refractivity contribution is -0.141. The highest BCUT2D eigenvalue weighted by atomic mass is 35.5. The van der Waals surface area contributed by atoms with Crippen molar-refractivity contribution in [3.05, 3.63) is 0 Å². The summed E-state index contributed by atoms with van der Waals surface area (Å²) in [6.45, 7) is 1.28. The molecule has 0 aromatic heterocycles. The van der Waals surface area contributed by atoms with E-state index < -0.39 is 11.5 Å². The van der Waals surface area contributed by atoms with E-state index in [1.54, 1.807) is 0 Å². The van der Waals surface area contributed by atoms with Crippen molar-refractivity contribution in [2.45, 2.75) is 12.5 Å². The molecule has 0 fully saturated rings. The summed E-state index contributed by atoms with van der Waals surface area (Å²) in [7, 11) is 0. The fourth-order valence-corrected chi connectivity index (χ4v) is 0.400. The fourth-order valence-electron chi connectivity index (χ4n) is 0.212. The van der Waals surface area contributed by atoms with Crippen molar-refractivity contribution in [2.75, 3.05) is 5.88 Å². The zero-order valence-electron chi connectivity index (χ0n) is 4.36. The topological polar surface area (TPSA) is 26.3 Å². The van der Waals surface area contributed by atoms with Gasteiger partial charge in [0.15, 0.2) is 5.56 Å². The van der Waals surface area contributed by atoms with Gasteiger partial charge in [0.1, 0.15) is 0 Å². The average molecular weight is 157 g/mol. The van der Waals surface area contributed by atoms with E-state index in [2.05, 4.69) is 4.74 Å². The van der Waals surface area contributed by atoms with E-state index in [-0.39, 0.29) is 5.88 Å². The van der Waals surface area contributed by atoms with Crippen LogP contribution in [0.15, 0.2) is 0 Å². The van der Waals surface area contributed by atoms with Crippen LogP contribution in [-0.4, -0.2) is 17.4 Å². The number of carbonyl (C=O) groups is 1. The predicted molar refractivity (Wildman–Crippen MR) is 32.1 cm³/mol. The van der Waals surface area contributed by atoms with Crippen molar-refractivity contribution in [1.82, 2.24) is 0 Å². The molecule has 0 spiro atoms. The first-order valence-electron chi connectivity index (χ1n) is 2.04. The second-order valence-electron chi connectivity index (χ2n) is 1.17. The van der Waals surface area contributed by atoms with Gasteiger partial charge in [0, 0.05) is 6.92 Å². The van der Waals surface area contributed by atoms with Gasteiger partial charge >= 0.3 is 5.97 Å². The lowest BCUT2D eigenvalue weighted by Crippen LogP contribution is -2.10. The summed E-state index contributed by atoms with van der Waals surface area (Å²) in [6, 6.07) is 0. The molecule has 0 radical (unpaired) electrons. The minimum absolute atomic E-state index is 0.126. The Morgan fingerprint density at radius 2 is 2.38 bits per heavy atom. The van der Waals surface area contributed by atoms with Crippen molar-refractivity contribution in [3.63, 3.8) is 0 Å². The lowest BCUT2D eigenvalue weighted by atomic mass is 10.8. The molecule has 8 heavy (non-hydrogen) atoms. The molecule has 1 atom stereocenters. The molecular weight excluding hydrogens is 151 g/mol. The second-order valence-corrected chi connectivity index (χ2v) is 1.97. The highest BCUT2D eigenvalue weighted by molar-refractivity contribution is 6.27. The van der Waals surface area contributed by atoms with Gasteiger partial charge in [-0.2, -0.15) is 0 Å². The highest BCUT2D eigenvalue weighted by Crippen LogP contribution is 1.99. The number of hydrogen-bond acceptors (Lipinski definition) is 2. The monoisotopic (exact) mass is 156 g/mol. The van der Waals surface area contributed by atoms with E-state index in [1.165, 1.54) is 6.92 Å². The van der Waals surface area contributed by atoms with Crippen molar-refractivity contribution in [2.24, 2.45) is 0 Å². The van der Waals surface area contributed by atoms with Crippen LogP contribution in [0.3, 0.4) is 0 Å². The first-order chi connectivity index (χ1) is 3.66. The number of carbonyl (C=O) groups excluding carboxylic acids is 1. The Kier molecular flexibility index (Phi) is 4.01. The van der Waals surface area contributed by atoms with Gasteiger partial charge in [0.2, 0.25) is 0 Å². The third kappa shape index (κ3) is 4.22. The Bertz CT molecular complexity index is 84.1. The van der Waals surface area contributed by atoms with Crippen LogP contribution in [0.5, 0.6) is 0 Å². The summed E-state index contributed by atoms with van der Waals surface area (Å²) in [5.41, 5.74) is -0.686. The van der Waals surface area contributed by atoms with Crippen LogP contribution < -0.4 is 0 Å². The number of ether oxygens (including phenoxy) is 1. The van der Waals surface area contributed by atoms with Crippen LogP contribution in [0.1, 0.15) is 6.92 Å². The first-order valence-corrected chi connectivity index (χ1v) is 3.01. The summed E-state index contributed by atoms with van der Waals surface area (Å²) < 4.78 is 4.39. The van der Waals surface area contributed by atoms with E-state index >= 15 is 0 Å². The number of halogens is 2. The molecule has 0 aromatic carbocycles. The molecule has 0 N–H and O–H groups in total. The van der Waals surface area contributed by atoms with Gasteiger partial charge in [-0.25, -0.2) is 0 Å². The molecule has 0 heterocycles. The lowest BCUT2D eigenvalue weighted by Gasteiger charge is -2.02.